The molecule has 3 heterocycles. The largest absolute Gasteiger partial charge is 0.457 e. The first-order valence-corrected chi connectivity index (χ1v) is 15.2. The van der Waals surface area contributed by atoms with Crippen molar-refractivity contribution < 1.29 is 55.1 Å². The molecule has 4 aromatic rings. The van der Waals surface area contributed by atoms with Crippen LogP contribution in [0.3, 0.4) is 0 Å². The maximum absolute atomic E-state index is 13.6. The maximum atomic E-state index is 13.6. The summed E-state index contributed by atoms with van der Waals surface area (Å²) in [5.74, 6) is -1.58. The van der Waals surface area contributed by atoms with Crippen molar-refractivity contribution in [1.82, 2.24) is 4.98 Å². The van der Waals surface area contributed by atoms with Crippen LogP contribution in [0.15, 0.2) is 85.2 Å². The molecule has 3 aromatic carbocycles. The lowest BCUT2D eigenvalue weighted by Gasteiger charge is -2.20. The Hall–Kier alpha value is -6.46. The second kappa shape index (κ2) is 14.8. The van der Waals surface area contributed by atoms with E-state index in [9.17, 15) is 50.3 Å². The van der Waals surface area contributed by atoms with Gasteiger partial charge in [0.2, 0.25) is 23.6 Å². The number of ether oxygens (including phenoxy) is 1. The Morgan fingerprint density at radius 2 is 1.04 bits per heavy atom. The highest BCUT2D eigenvalue weighted by molar-refractivity contribution is 6.21. The van der Waals surface area contributed by atoms with Crippen LogP contribution in [0.1, 0.15) is 36.8 Å². The summed E-state index contributed by atoms with van der Waals surface area (Å²) in [6, 6.07) is 14.8. The summed E-state index contributed by atoms with van der Waals surface area (Å²) in [5.41, 5.74) is 2.15. The average Bonchev–Trinajstić information content (AvgIpc) is 3.60. The molecule has 0 unspecified atom stereocenters. The molecule has 18 heteroatoms. The summed E-state index contributed by atoms with van der Waals surface area (Å²) in [4.78, 5) is 64.0. The van der Waals surface area contributed by atoms with Crippen molar-refractivity contribution >= 4 is 58.1 Å². The fourth-order valence-corrected chi connectivity index (χ4v) is 5.14. The van der Waals surface area contributed by atoms with E-state index in [2.05, 4.69) is 15.6 Å². The second-order valence-corrected chi connectivity index (χ2v) is 11.1. The zero-order valence-corrected chi connectivity index (χ0v) is 26.5. The minimum Gasteiger partial charge on any atom is -0.457 e. The van der Waals surface area contributed by atoms with Gasteiger partial charge in [-0.1, -0.05) is 0 Å². The van der Waals surface area contributed by atoms with Crippen molar-refractivity contribution in [2.75, 3.05) is 26.2 Å². The Morgan fingerprint density at radius 3 is 1.54 bits per heavy atom. The van der Waals surface area contributed by atoms with Gasteiger partial charge >= 0.3 is 18.4 Å². The molecule has 2 aliphatic rings. The Balaban J connectivity index is 0.000000244. The van der Waals surface area contributed by atoms with Gasteiger partial charge in [-0.3, -0.25) is 24.2 Å². The van der Waals surface area contributed by atoms with Gasteiger partial charge in [0.05, 0.1) is 22.5 Å². The lowest BCUT2D eigenvalue weighted by atomic mass is 10.1. The molecule has 6 rings (SSSR count). The number of benzene rings is 3. The van der Waals surface area contributed by atoms with E-state index in [1.165, 1.54) is 12.1 Å². The summed E-state index contributed by atoms with van der Waals surface area (Å²) >= 11 is 0. The zero-order chi connectivity index (χ0) is 37.8. The lowest BCUT2D eigenvalue weighted by molar-refractivity contribution is -0.138. The molecule has 0 aliphatic carbocycles. The Labute approximate surface area is 290 Å². The number of halogens is 6. The number of amides is 6. The number of carbonyl (C=O) groups is 5. The summed E-state index contributed by atoms with van der Waals surface area (Å²) in [6.45, 7) is 0. The summed E-state index contributed by atoms with van der Waals surface area (Å²) in [5, 5.41) is 4.83. The fourth-order valence-electron chi connectivity index (χ4n) is 5.14. The third-order valence-corrected chi connectivity index (χ3v) is 7.47. The molecule has 4 N–H and O–H groups in total. The van der Waals surface area contributed by atoms with E-state index in [0.29, 0.717) is 39.1 Å². The standard InChI is InChI=1S/C23H17F3N4O4.C11H9F3N2O2/c24-23(25,26)18-13-15(3-6-19(18)30-20(31)7-8-21(30)32)29-22(33)28-14-1-4-16(5-2-14)34-17-9-11-27-12-10-17;12-11(13,14)7-5-6(15)1-2-8(7)16-9(17)3-4-10(16)18/h1-6,9-13H,7-8H2,(H2,28,29,33);1-2,5H,3-4,15H2. The number of nitrogen functional groups attached to an aromatic ring is 1. The van der Waals surface area contributed by atoms with Crippen molar-refractivity contribution in [3.8, 4) is 11.5 Å². The molecule has 0 spiro atoms. The van der Waals surface area contributed by atoms with Gasteiger partial charge in [0.15, 0.2) is 0 Å². The van der Waals surface area contributed by atoms with E-state index in [-0.39, 0.29) is 37.1 Å². The fraction of sp³-hybridized carbons (Fsp3) is 0.176. The first-order valence-electron chi connectivity index (χ1n) is 15.2. The number of nitrogens with one attached hydrogen (secondary N) is 2. The molecular weight excluding hydrogens is 702 g/mol. The first kappa shape index (κ1) is 36.8. The predicted molar refractivity (Wildman–Crippen MR) is 174 cm³/mol. The van der Waals surface area contributed by atoms with Crippen molar-refractivity contribution in [1.29, 1.82) is 0 Å². The monoisotopic (exact) mass is 728 g/mol. The van der Waals surface area contributed by atoms with Crippen LogP contribution >= 0.6 is 0 Å². The Kier molecular flexibility index (Phi) is 10.5. The van der Waals surface area contributed by atoms with Crippen LogP contribution in [0.2, 0.25) is 0 Å². The molecule has 270 valence electrons. The molecule has 52 heavy (non-hydrogen) atoms. The summed E-state index contributed by atoms with van der Waals surface area (Å²) < 4.78 is 85.0. The summed E-state index contributed by atoms with van der Waals surface area (Å²) in [7, 11) is 0. The van der Waals surface area contributed by atoms with Crippen molar-refractivity contribution in [2.45, 2.75) is 38.0 Å². The van der Waals surface area contributed by atoms with Gasteiger partial charge in [-0.25, -0.2) is 14.6 Å². The molecule has 2 aliphatic heterocycles. The highest BCUT2D eigenvalue weighted by atomic mass is 19.4. The number of anilines is 5. The van der Waals surface area contributed by atoms with Crippen molar-refractivity contribution in [2.24, 2.45) is 0 Å². The average molecular weight is 729 g/mol. The Morgan fingerprint density at radius 1 is 0.615 bits per heavy atom. The van der Waals surface area contributed by atoms with Crippen LogP contribution in [0, 0.1) is 0 Å². The summed E-state index contributed by atoms with van der Waals surface area (Å²) in [6.07, 6.45) is -6.80. The molecule has 0 atom stereocenters. The van der Waals surface area contributed by atoms with Gasteiger partial charge in [-0.2, -0.15) is 26.3 Å². The first-order chi connectivity index (χ1) is 24.5. The maximum Gasteiger partial charge on any atom is 0.418 e. The number of rotatable bonds is 6. The van der Waals surface area contributed by atoms with Crippen LogP contribution in [-0.4, -0.2) is 34.6 Å². The molecule has 2 fully saturated rings. The number of imide groups is 2. The van der Waals surface area contributed by atoms with E-state index in [1.54, 1.807) is 48.8 Å². The number of hydrogen-bond acceptors (Lipinski definition) is 8. The lowest BCUT2D eigenvalue weighted by Crippen LogP contribution is -2.31. The number of pyridine rings is 1. The molecule has 0 radical (unpaired) electrons. The van der Waals surface area contributed by atoms with E-state index in [0.717, 1.165) is 12.1 Å². The van der Waals surface area contributed by atoms with Crippen LogP contribution < -0.4 is 30.9 Å². The molecular formula is C34H26F6N6O6. The van der Waals surface area contributed by atoms with E-state index in [4.69, 9.17) is 10.5 Å². The zero-order valence-electron chi connectivity index (χ0n) is 26.5. The van der Waals surface area contributed by atoms with Crippen LogP contribution in [0.5, 0.6) is 11.5 Å². The molecule has 0 saturated carbocycles. The van der Waals surface area contributed by atoms with Crippen molar-refractivity contribution in [3.63, 3.8) is 0 Å². The normalized spacial score (nSPS) is 14.7. The highest BCUT2D eigenvalue weighted by Gasteiger charge is 2.41. The number of alkyl halides is 6. The van der Waals surface area contributed by atoms with E-state index < -0.39 is 64.5 Å². The van der Waals surface area contributed by atoms with Crippen molar-refractivity contribution in [3.05, 3.63) is 96.3 Å². The number of nitrogens with zero attached hydrogens (tertiary/aromatic N) is 3. The predicted octanol–water partition coefficient (Wildman–Crippen LogP) is 7.13. The smallest absolute Gasteiger partial charge is 0.418 e. The minimum absolute atomic E-state index is 0.0689. The van der Waals surface area contributed by atoms with Crippen LogP contribution in [-0.2, 0) is 31.5 Å². The molecule has 1 aromatic heterocycles. The quantitative estimate of drug-likeness (QED) is 0.107. The van der Waals surface area contributed by atoms with Gasteiger partial charge in [-0.05, 0) is 72.8 Å². The number of nitrogens with two attached hydrogens (primary N) is 1. The van der Waals surface area contributed by atoms with Gasteiger partial charge in [0.25, 0.3) is 0 Å². The molecule has 6 amide bonds. The number of carbonyl (C=O) groups excluding carboxylic acids is 5. The van der Waals surface area contributed by atoms with Gasteiger partial charge in [-0.15, -0.1) is 0 Å². The number of urea groups is 1. The minimum atomic E-state index is -4.85. The molecule has 12 nitrogen and oxygen atoms in total. The molecule has 2 saturated heterocycles. The second-order valence-electron chi connectivity index (χ2n) is 11.1. The number of aromatic nitrogens is 1. The van der Waals surface area contributed by atoms with Crippen LogP contribution in [0.4, 0.5) is 59.6 Å². The third kappa shape index (κ3) is 8.63. The van der Waals surface area contributed by atoms with Gasteiger partial charge in [0.1, 0.15) is 11.5 Å². The van der Waals surface area contributed by atoms with Gasteiger partial charge < -0.3 is 21.1 Å². The van der Waals surface area contributed by atoms with E-state index in [1.807, 2.05) is 0 Å². The third-order valence-electron chi connectivity index (χ3n) is 7.47. The number of hydrogen-bond donors (Lipinski definition) is 3. The highest BCUT2D eigenvalue weighted by Crippen LogP contribution is 2.41. The van der Waals surface area contributed by atoms with E-state index >= 15 is 0 Å². The van der Waals surface area contributed by atoms with Crippen LogP contribution in [0.25, 0.3) is 0 Å². The topological polar surface area (TPSA) is 164 Å². The van der Waals surface area contributed by atoms with Gasteiger partial charge in [0, 0.05) is 55.1 Å². The SMILES string of the molecule is Nc1ccc(N2C(=O)CCC2=O)c(C(F)(F)F)c1.O=C(Nc1ccc(Oc2ccncc2)cc1)Nc1ccc(N2C(=O)CCC2=O)c(C(F)(F)F)c1. The Bertz CT molecular complexity index is 1990. The molecule has 0 bridgehead atoms.